The van der Waals surface area contributed by atoms with E-state index in [1.165, 1.54) is 0 Å². The van der Waals surface area contributed by atoms with E-state index < -0.39 is 0 Å². The van der Waals surface area contributed by atoms with Gasteiger partial charge in [-0.15, -0.1) is 11.8 Å². The second-order valence-corrected chi connectivity index (χ2v) is 6.45. The zero-order chi connectivity index (χ0) is 13.7. The molecule has 0 aliphatic carbocycles. The van der Waals surface area contributed by atoms with Crippen LogP contribution in [-0.4, -0.2) is 42.3 Å². The van der Waals surface area contributed by atoms with E-state index in [-0.39, 0.29) is 11.0 Å². The predicted octanol–water partition coefficient (Wildman–Crippen LogP) is 3.17. The third-order valence-electron chi connectivity index (χ3n) is 2.93. The first-order chi connectivity index (χ1) is 8.41. The van der Waals surface area contributed by atoms with Crippen molar-refractivity contribution in [2.24, 2.45) is 0 Å². The van der Waals surface area contributed by atoms with Crippen LogP contribution in [0.2, 0.25) is 0 Å². The lowest BCUT2D eigenvalue weighted by Crippen LogP contribution is -2.20. The normalized spacial score (nSPS) is 12.8. The number of hydrogen-bond acceptors (Lipinski definition) is 3. The number of aryl methyl sites for hydroxylation is 2. The van der Waals surface area contributed by atoms with E-state index in [9.17, 15) is 4.79 Å². The van der Waals surface area contributed by atoms with Gasteiger partial charge in [-0.3, -0.25) is 4.79 Å². The number of thioether (sulfide) groups is 1. The number of hydrogen-bond donors (Lipinski definition) is 0. The first kappa shape index (κ1) is 15.3. The first-order valence-corrected chi connectivity index (χ1v) is 7.34. The Hall–Kier alpha value is -0.800. The summed E-state index contributed by atoms with van der Waals surface area (Å²) in [7, 11) is 4.11. The highest BCUT2D eigenvalue weighted by Gasteiger charge is 2.17. The molecular weight excluding hydrogens is 242 g/mol. The van der Waals surface area contributed by atoms with Crippen molar-refractivity contribution in [2.45, 2.75) is 26.0 Å². The molecule has 1 atom stereocenters. The third kappa shape index (κ3) is 4.46. The van der Waals surface area contributed by atoms with Crippen molar-refractivity contribution < 1.29 is 4.79 Å². The van der Waals surface area contributed by atoms with Gasteiger partial charge in [0, 0.05) is 17.9 Å². The van der Waals surface area contributed by atoms with Crippen molar-refractivity contribution in [3.63, 3.8) is 0 Å². The molecule has 0 heterocycles. The van der Waals surface area contributed by atoms with E-state index in [4.69, 9.17) is 0 Å². The van der Waals surface area contributed by atoms with Gasteiger partial charge in [0.05, 0.1) is 5.25 Å². The average Bonchev–Trinajstić information content (AvgIpc) is 2.30. The van der Waals surface area contributed by atoms with Crippen LogP contribution in [0.1, 0.15) is 28.4 Å². The summed E-state index contributed by atoms with van der Waals surface area (Å²) >= 11 is 1.73. The second kappa shape index (κ2) is 6.95. The minimum atomic E-state index is 0.0328. The maximum Gasteiger partial charge on any atom is 0.175 e. The molecule has 1 aromatic rings. The van der Waals surface area contributed by atoms with Crippen LogP contribution in [0.5, 0.6) is 0 Å². The molecule has 0 fully saturated rings. The summed E-state index contributed by atoms with van der Waals surface area (Å²) in [4.78, 5) is 14.5. The van der Waals surface area contributed by atoms with E-state index in [0.717, 1.165) is 29.0 Å². The van der Waals surface area contributed by atoms with Gasteiger partial charge >= 0.3 is 0 Å². The van der Waals surface area contributed by atoms with Crippen molar-refractivity contribution in [2.75, 3.05) is 26.4 Å². The van der Waals surface area contributed by atoms with Crippen LogP contribution < -0.4 is 0 Å². The van der Waals surface area contributed by atoms with Gasteiger partial charge in [-0.2, -0.15) is 0 Å². The standard InChI is InChI=1S/C15H23NOS/c1-11-6-7-12(2)14(10-11)15(17)13(3)18-9-8-16(4)5/h6-7,10,13H,8-9H2,1-5H3. The molecule has 100 valence electrons. The summed E-state index contributed by atoms with van der Waals surface area (Å²) in [6.45, 7) is 7.05. The minimum Gasteiger partial charge on any atom is -0.309 e. The average molecular weight is 265 g/mol. The number of rotatable bonds is 6. The van der Waals surface area contributed by atoms with Gasteiger partial charge < -0.3 is 4.90 Å². The molecule has 0 spiro atoms. The molecule has 0 aromatic heterocycles. The highest BCUT2D eigenvalue weighted by atomic mass is 32.2. The Balaban J connectivity index is 2.65. The summed E-state index contributed by atoms with van der Waals surface area (Å²) in [5, 5.41) is 0.0328. The van der Waals surface area contributed by atoms with Gasteiger partial charge in [-0.05, 0) is 46.5 Å². The topological polar surface area (TPSA) is 20.3 Å². The Morgan fingerprint density at radius 1 is 1.33 bits per heavy atom. The lowest BCUT2D eigenvalue weighted by molar-refractivity contribution is 0.0993. The first-order valence-electron chi connectivity index (χ1n) is 6.29. The van der Waals surface area contributed by atoms with E-state index in [1.807, 2.05) is 32.9 Å². The van der Waals surface area contributed by atoms with Crippen molar-refractivity contribution >= 4 is 17.5 Å². The summed E-state index contributed by atoms with van der Waals surface area (Å²) in [6, 6.07) is 6.08. The van der Waals surface area contributed by atoms with E-state index >= 15 is 0 Å². The van der Waals surface area contributed by atoms with Gasteiger partial charge in [0.1, 0.15) is 0 Å². The van der Waals surface area contributed by atoms with E-state index in [2.05, 4.69) is 25.1 Å². The number of nitrogens with zero attached hydrogens (tertiary/aromatic N) is 1. The molecule has 1 unspecified atom stereocenters. The van der Waals surface area contributed by atoms with Crippen molar-refractivity contribution in [1.29, 1.82) is 0 Å². The van der Waals surface area contributed by atoms with Crippen LogP contribution in [0.15, 0.2) is 18.2 Å². The molecule has 1 aromatic carbocycles. The van der Waals surface area contributed by atoms with Crippen molar-refractivity contribution in [3.05, 3.63) is 34.9 Å². The SMILES string of the molecule is Cc1ccc(C)c(C(=O)C(C)SCCN(C)C)c1. The fraction of sp³-hybridized carbons (Fsp3) is 0.533. The minimum absolute atomic E-state index is 0.0328. The fourth-order valence-corrected chi connectivity index (χ4v) is 2.81. The molecular formula is C15H23NOS. The molecule has 18 heavy (non-hydrogen) atoms. The summed E-state index contributed by atoms with van der Waals surface area (Å²) in [5.74, 6) is 1.24. The van der Waals surface area contributed by atoms with Gasteiger partial charge in [0.2, 0.25) is 0 Å². The summed E-state index contributed by atoms with van der Waals surface area (Å²) in [6.07, 6.45) is 0. The zero-order valence-electron chi connectivity index (χ0n) is 12.0. The number of carbonyl (C=O) groups excluding carboxylic acids is 1. The Labute approximate surface area is 115 Å². The second-order valence-electron chi connectivity index (χ2n) is 5.00. The third-order valence-corrected chi connectivity index (χ3v) is 4.07. The number of benzene rings is 1. The van der Waals surface area contributed by atoms with Crippen LogP contribution in [0.4, 0.5) is 0 Å². The molecule has 2 nitrogen and oxygen atoms in total. The van der Waals surface area contributed by atoms with Crippen LogP contribution in [-0.2, 0) is 0 Å². The Morgan fingerprint density at radius 3 is 2.61 bits per heavy atom. The number of carbonyl (C=O) groups is 1. The van der Waals surface area contributed by atoms with Crippen LogP contribution in [0, 0.1) is 13.8 Å². The fourth-order valence-electron chi connectivity index (χ4n) is 1.71. The zero-order valence-corrected chi connectivity index (χ0v) is 12.8. The number of Topliss-reactive ketones (excluding diaryl/α,β-unsaturated/α-hetero) is 1. The lowest BCUT2D eigenvalue weighted by Gasteiger charge is -2.14. The predicted molar refractivity (Wildman–Crippen MR) is 80.7 cm³/mol. The molecule has 0 radical (unpaired) electrons. The molecule has 0 bridgehead atoms. The quantitative estimate of drug-likeness (QED) is 0.737. The molecule has 3 heteroatoms. The maximum atomic E-state index is 12.4. The smallest absolute Gasteiger partial charge is 0.175 e. The van der Waals surface area contributed by atoms with Crippen molar-refractivity contribution in [3.8, 4) is 0 Å². The highest BCUT2D eigenvalue weighted by Crippen LogP contribution is 2.19. The van der Waals surface area contributed by atoms with Gasteiger partial charge in [0.15, 0.2) is 5.78 Å². The van der Waals surface area contributed by atoms with Crippen LogP contribution >= 0.6 is 11.8 Å². The molecule has 0 saturated heterocycles. The van der Waals surface area contributed by atoms with Crippen LogP contribution in [0.3, 0.4) is 0 Å². The van der Waals surface area contributed by atoms with Gasteiger partial charge in [0.25, 0.3) is 0 Å². The van der Waals surface area contributed by atoms with Crippen LogP contribution in [0.25, 0.3) is 0 Å². The number of ketones is 1. The highest BCUT2D eigenvalue weighted by molar-refractivity contribution is 8.00. The molecule has 0 saturated carbocycles. The van der Waals surface area contributed by atoms with Crippen molar-refractivity contribution in [1.82, 2.24) is 4.90 Å². The van der Waals surface area contributed by atoms with Gasteiger partial charge in [-0.1, -0.05) is 17.7 Å². The Morgan fingerprint density at radius 2 is 2.00 bits per heavy atom. The molecule has 0 amide bonds. The van der Waals surface area contributed by atoms with Gasteiger partial charge in [-0.25, -0.2) is 0 Å². The Bertz CT molecular complexity index is 415. The monoisotopic (exact) mass is 265 g/mol. The molecule has 1 rings (SSSR count). The lowest BCUT2D eigenvalue weighted by atomic mass is 10.0. The Kier molecular flexibility index (Phi) is 5.89. The van der Waals surface area contributed by atoms with E-state index in [1.54, 1.807) is 11.8 Å². The molecule has 0 aliphatic heterocycles. The molecule has 0 N–H and O–H groups in total. The maximum absolute atomic E-state index is 12.4. The molecule has 0 aliphatic rings. The van der Waals surface area contributed by atoms with E-state index in [0.29, 0.717) is 0 Å². The largest absolute Gasteiger partial charge is 0.309 e. The summed E-state index contributed by atoms with van der Waals surface area (Å²) < 4.78 is 0. The summed E-state index contributed by atoms with van der Waals surface area (Å²) in [5.41, 5.74) is 3.10.